The van der Waals surface area contributed by atoms with Gasteiger partial charge in [-0.25, -0.2) is 0 Å². The maximum atomic E-state index is 10.00. The number of carboxylic acid groups (broad SMARTS) is 2. The van der Waals surface area contributed by atoms with Crippen molar-refractivity contribution in [3.63, 3.8) is 0 Å². The molecule has 0 fully saturated rings. The summed E-state index contributed by atoms with van der Waals surface area (Å²) in [6.45, 7) is 1.69. The van der Waals surface area contributed by atoms with Crippen molar-refractivity contribution in [3.8, 4) is 0 Å². The Bertz CT molecular complexity index is 132. The van der Waals surface area contributed by atoms with Crippen molar-refractivity contribution in [2.75, 3.05) is 0 Å². The number of carbonyl (C=O) groups excluding carboxylic acids is 2. The first-order valence-electron chi connectivity index (χ1n) is 3.01. The molecule has 58 valence electrons. The number of hydrogen-bond acceptors (Lipinski definition) is 4. The molecule has 0 heterocycles. The molecule has 0 saturated heterocycles. The zero-order valence-electron chi connectivity index (χ0n) is 6.33. The molecule has 0 spiro atoms. The van der Waals surface area contributed by atoms with Crippen molar-refractivity contribution in [2.24, 2.45) is 5.92 Å². The monoisotopic (exact) mass is 168 g/mol. The molecule has 0 aliphatic carbocycles. The van der Waals surface area contributed by atoms with Gasteiger partial charge in [0.1, 0.15) is 0 Å². The summed E-state index contributed by atoms with van der Waals surface area (Å²) in [7, 11) is 0. The van der Waals surface area contributed by atoms with Gasteiger partial charge in [-0.3, -0.25) is 0 Å². The number of carbonyl (C=O) groups is 2. The first-order chi connectivity index (χ1) is 4.59. The average molecular weight is 168 g/mol. The molecule has 0 aromatic carbocycles. The largest absolute Gasteiger partial charge is 2.00 e. The smallest absolute Gasteiger partial charge is 0.549 e. The number of rotatable bonds is 4. The van der Waals surface area contributed by atoms with Crippen LogP contribution in [0.25, 0.3) is 0 Å². The molecule has 0 rings (SSSR count). The molecule has 11 heavy (non-hydrogen) atoms. The first kappa shape index (κ1) is 13.3. The predicted molar refractivity (Wildman–Crippen MR) is 34.2 cm³/mol. The quantitative estimate of drug-likeness (QED) is 0.344. The van der Waals surface area contributed by atoms with Gasteiger partial charge in [0.05, 0.1) is 11.9 Å². The van der Waals surface area contributed by atoms with Gasteiger partial charge in [0, 0.05) is 5.92 Å². The minimum absolute atomic E-state index is 0. The van der Waals surface area contributed by atoms with Gasteiger partial charge in [-0.2, -0.15) is 0 Å². The van der Waals surface area contributed by atoms with Crippen LogP contribution < -0.4 is 10.2 Å². The second-order valence-electron chi connectivity index (χ2n) is 1.98. The molecule has 0 saturated carbocycles. The van der Waals surface area contributed by atoms with E-state index in [1.165, 1.54) is 0 Å². The van der Waals surface area contributed by atoms with E-state index >= 15 is 0 Å². The molecule has 0 aliphatic rings. The van der Waals surface area contributed by atoms with E-state index in [9.17, 15) is 19.8 Å². The summed E-state index contributed by atoms with van der Waals surface area (Å²) < 4.78 is 0. The molecular formula is C6H8MgO4. The van der Waals surface area contributed by atoms with Gasteiger partial charge in [0.2, 0.25) is 0 Å². The summed E-state index contributed by atoms with van der Waals surface area (Å²) in [5, 5.41) is 20.0. The van der Waals surface area contributed by atoms with Gasteiger partial charge in [-0.1, -0.05) is 13.3 Å². The molecule has 5 heteroatoms. The Morgan fingerprint density at radius 3 is 1.73 bits per heavy atom. The van der Waals surface area contributed by atoms with Crippen molar-refractivity contribution < 1.29 is 19.8 Å². The molecule has 0 N–H and O–H groups in total. The first-order valence-corrected chi connectivity index (χ1v) is 3.01. The maximum absolute atomic E-state index is 10.00. The fourth-order valence-corrected chi connectivity index (χ4v) is 0.621. The Balaban J connectivity index is 0. The van der Waals surface area contributed by atoms with Crippen molar-refractivity contribution >= 4 is 35.0 Å². The standard InChI is InChI=1S/C6H10O4.Mg/c1-2-3-4(5(7)8)6(9)10;/h4H,2-3H2,1H3,(H,7,8)(H,9,10);/q;+2/p-2. The molecule has 0 aromatic heterocycles. The van der Waals surface area contributed by atoms with Gasteiger partial charge in [0.25, 0.3) is 0 Å². The van der Waals surface area contributed by atoms with Crippen LogP contribution in [0.5, 0.6) is 0 Å². The third-order valence-corrected chi connectivity index (χ3v) is 1.15. The van der Waals surface area contributed by atoms with Crippen molar-refractivity contribution in [1.82, 2.24) is 0 Å². The molecular weight excluding hydrogens is 160 g/mol. The van der Waals surface area contributed by atoms with Crippen LogP contribution in [0, 0.1) is 5.92 Å². The fourth-order valence-electron chi connectivity index (χ4n) is 0.621. The van der Waals surface area contributed by atoms with E-state index in [0.717, 1.165) is 0 Å². The van der Waals surface area contributed by atoms with Crippen molar-refractivity contribution in [2.45, 2.75) is 19.8 Å². The van der Waals surface area contributed by atoms with Crippen LogP contribution in [-0.2, 0) is 9.59 Å². The van der Waals surface area contributed by atoms with E-state index in [1.807, 2.05) is 0 Å². The Kier molecular flexibility index (Phi) is 7.76. The van der Waals surface area contributed by atoms with E-state index in [-0.39, 0.29) is 29.5 Å². The number of aliphatic carboxylic acids is 2. The molecule has 0 aromatic rings. The van der Waals surface area contributed by atoms with E-state index in [1.54, 1.807) is 6.92 Å². The predicted octanol–water partition coefficient (Wildman–Crippen LogP) is -2.48. The molecule has 4 nitrogen and oxygen atoms in total. The third-order valence-electron chi connectivity index (χ3n) is 1.15. The summed E-state index contributed by atoms with van der Waals surface area (Å²) in [4.78, 5) is 20.0. The summed E-state index contributed by atoms with van der Waals surface area (Å²) in [5.74, 6) is -4.59. The van der Waals surface area contributed by atoms with Gasteiger partial charge in [-0.15, -0.1) is 0 Å². The summed E-state index contributed by atoms with van der Waals surface area (Å²) >= 11 is 0. The van der Waals surface area contributed by atoms with Crippen LogP contribution in [0.2, 0.25) is 0 Å². The topological polar surface area (TPSA) is 80.3 Å². The summed E-state index contributed by atoms with van der Waals surface area (Å²) in [6, 6.07) is 0. The van der Waals surface area contributed by atoms with Crippen LogP contribution in [-0.4, -0.2) is 35.0 Å². The van der Waals surface area contributed by atoms with Crippen LogP contribution in [0.4, 0.5) is 0 Å². The minimum atomic E-state index is -1.57. The van der Waals surface area contributed by atoms with Crippen LogP contribution in [0.3, 0.4) is 0 Å². The molecule has 0 radical (unpaired) electrons. The van der Waals surface area contributed by atoms with Gasteiger partial charge < -0.3 is 19.8 Å². The second-order valence-corrected chi connectivity index (χ2v) is 1.98. The fraction of sp³-hybridized carbons (Fsp3) is 0.667. The van der Waals surface area contributed by atoms with Crippen LogP contribution in [0.1, 0.15) is 19.8 Å². The van der Waals surface area contributed by atoms with Gasteiger partial charge >= 0.3 is 23.1 Å². The SMILES string of the molecule is CCCC(C(=O)[O-])C(=O)[O-].[Mg+2]. The molecule has 0 unspecified atom stereocenters. The summed E-state index contributed by atoms with van der Waals surface area (Å²) in [6.07, 6.45) is 0.567. The minimum Gasteiger partial charge on any atom is -0.549 e. The summed E-state index contributed by atoms with van der Waals surface area (Å²) in [5.41, 5.74) is 0. The molecule has 0 atom stereocenters. The van der Waals surface area contributed by atoms with E-state index in [0.29, 0.717) is 6.42 Å². The third kappa shape index (κ3) is 5.03. The van der Waals surface area contributed by atoms with E-state index < -0.39 is 17.9 Å². The van der Waals surface area contributed by atoms with E-state index in [4.69, 9.17) is 0 Å². The zero-order chi connectivity index (χ0) is 8.15. The van der Waals surface area contributed by atoms with Gasteiger partial charge in [-0.05, 0) is 6.42 Å². The Morgan fingerprint density at radius 1 is 1.27 bits per heavy atom. The zero-order valence-corrected chi connectivity index (χ0v) is 7.75. The Hall–Kier alpha value is -0.294. The Morgan fingerprint density at radius 2 is 1.64 bits per heavy atom. The number of hydrogen-bond donors (Lipinski definition) is 0. The second kappa shape index (κ2) is 6.42. The normalized spacial score (nSPS) is 8.91. The molecule has 0 bridgehead atoms. The number of carboxylic acids is 2. The van der Waals surface area contributed by atoms with Crippen LogP contribution >= 0.6 is 0 Å². The van der Waals surface area contributed by atoms with E-state index in [2.05, 4.69) is 0 Å². The maximum Gasteiger partial charge on any atom is 2.00 e. The molecule has 0 amide bonds. The average Bonchev–Trinajstić information content (AvgIpc) is 1.81. The van der Waals surface area contributed by atoms with Gasteiger partial charge in [0.15, 0.2) is 0 Å². The van der Waals surface area contributed by atoms with Crippen molar-refractivity contribution in [3.05, 3.63) is 0 Å². The molecule has 0 aliphatic heterocycles. The Labute approximate surface area is 80.7 Å². The van der Waals surface area contributed by atoms with Crippen LogP contribution in [0.15, 0.2) is 0 Å². The van der Waals surface area contributed by atoms with Crippen molar-refractivity contribution in [1.29, 1.82) is 0 Å².